The third-order valence-electron chi connectivity index (χ3n) is 5.30. The van der Waals surface area contributed by atoms with Gasteiger partial charge in [0.25, 0.3) is 0 Å². The number of nitrogen functional groups attached to an aromatic ring is 1. The largest absolute Gasteiger partial charge is 0.484 e. The molecule has 4 rings (SSSR count). The van der Waals surface area contributed by atoms with Gasteiger partial charge in [0.05, 0.1) is 33.6 Å². The number of nitrogens with one attached hydrogen (secondary N) is 1. The van der Waals surface area contributed by atoms with Gasteiger partial charge in [-0.25, -0.2) is 13.4 Å². The van der Waals surface area contributed by atoms with Crippen molar-refractivity contribution in [3.8, 4) is 11.6 Å². The molecule has 9 nitrogen and oxygen atoms in total. The molecule has 35 heavy (non-hydrogen) atoms. The van der Waals surface area contributed by atoms with Gasteiger partial charge in [0.15, 0.2) is 0 Å². The van der Waals surface area contributed by atoms with Gasteiger partial charge in [-0.05, 0) is 25.1 Å². The SMILES string of the molecule is C[C@@H](Oc1cc(C(=N)c2cnc3c(c2)N(S(C)(=O)=O)CCO3)c(N)cc1Cl)c1c(Cl)cncc1Cl. The quantitative estimate of drug-likeness (QED) is 0.331. The number of pyridine rings is 2. The van der Waals surface area contributed by atoms with Crippen LogP contribution in [0.25, 0.3) is 0 Å². The summed E-state index contributed by atoms with van der Waals surface area (Å²) in [6.07, 6.45) is 4.85. The number of hydrogen-bond acceptors (Lipinski definition) is 8. The Hall–Kier alpha value is -2.79. The van der Waals surface area contributed by atoms with E-state index in [0.29, 0.717) is 26.7 Å². The highest BCUT2D eigenvalue weighted by molar-refractivity contribution is 7.92. The lowest BCUT2D eigenvalue weighted by Crippen LogP contribution is -2.37. The van der Waals surface area contributed by atoms with E-state index >= 15 is 0 Å². The molecule has 0 saturated heterocycles. The number of fused-ring (bicyclic) bond motifs is 1. The highest BCUT2D eigenvalue weighted by atomic mass is 35.5. The zero-order chi connectivity index (χ0) is 25.5. The van der Waals surface area contributed by atoms with Gasteiger partial charge in [0.2, 0.25) is 15.9 Å². The fraction of sp³-hybridized carbons (Fsp3) is 0.227. The minimum absolute atomic E-state index is 0.00836. The number of rotatable bonds is 6. The summed E-state index contributed by atoms with van der Waals surface area (Å²) in [7, 11) is -3.56. The van der Waals surface area contributed by atoms with Gasteiger partial charge < -0.3 is 15.2 Å². The van der Waals surface area contributed by atoms with Gasteiger partial charge in [0.1, 0.15) is 24.1 Å². The number of sulfonamides is 1. The van der Waals surface area contributed by atoms with E-state index in [-0.39, 0.29) is 46.9 Å². The van der Waals surface area contributed by atoms with E-state index in [4.69, 9.17) is 55.4 Å². The fourth-order valence-electron chi connectivity index (χ4n) is 3.65. The molecule has 13 heteroatoms. The molecule has 0 fully saturated rings. The Morgan fingerprint density at radius 1 is 1.17 bits per heavy atom. The molecule has 0 radical (unpaired) electrons. The van der Waals surface area contributed by atoms with Crippen LogP contribution in [0.15, 0.2) is 36.8 Å². The summed E-state index contributed by atoms with van der Waals surface area (Å²) in [6, 6.07) is 4.53. The second-order valence-electron chi connectivity index (χ2n) is 7.75. The smallest absolute Gasteiger partial charge is 0.238 e. The molecule has 3 aromatic rings. The zero-order valence-corrected chi connectivity index (χ0v) is 21.6. The normalized spacial score (nSPS) is 14.1. The Labute approximate surface area is 217 Å². The van der Waals surface area contributed by atoms with Crippen molar-refractivity contribution in [1.82, 2.24) is 9.97 Å². The van der Waals surface area contributed by atoms with Crippen LogP contribution in [0.5, 0.6) is 11.6 Å². The number of ether oxygens (including phenoxy) is 2. The van der Waals surface area contributed by atoms with Crippen LogP contribution in [0, 0.1) is 5.41 Å². The van der Waals surface area contributed by atoms with Crippen molar-refractivity contribution in [3.05, 3.63) is 68.5 Å². The van der Waals surface area contributed by atoms with E-state index in [1.165, 1.54) is 41.1 Å². The number of anilines is 2. The lowest BCUT2D eigenvalue weighted by Gasteiger charge is -2.28. The van der Waals surface area contributed by atoms with Crippen molar-refractivity contribution in [3.63, 3.8) is 0 Å². The predicted octanol–water partition coefficient (Wildman–Crippen LogP) is 4.73. The van der Waals surface area contributed by atoms with Gasteiger partial charge in [0, 0.05) is 41.0 Å². The Morgan fingerprint density at radius 2 is 1.86 bits per heavy atom. The monoisotopic (exact) mass is 555 g/mol. The number of nitrogens with two attached hydrogens (primary N) is 1. The molecule has 184 valence electrons. The minimum atomic E-state index is -3.56. The molecular formula is C22H20Cl3N5O4S. The van der Waals surface area contributed by atoms with Crippen LogP contribution in [0.4, 0.5) is 11.4 Å². The predicted molar refractivity (Wildman–Crippen MR) is 137 cm³/mol. The lowest BCUT2D eigenvalue weighted by molar-refractivity contribution is 0.227. The van der Waals surface area contributed by atoms with E-state index in [1.807, 2.05) is 0 Å². The van der Waals surface area contributed by atoms with Gasteiger partial charge in [-0.1, -0.05) is 34.8 Å². The van der Waals surface area contributed by atoms with E-state index in [2.05, 4.69) is 9.97 Å². The van der Waals surface area contributed by atoms with E-state index in [9.17, 15) is 8.42 Å². The first-order valence-electron chi connectivity index (χ1n) is 10.2. The third-order valence-corrected chi connectivity index (χ3v) is 7.37. The van der Waals surface area contributed by atoms with E-state index in [0.717, 1.165) is 6.26 Å². The lowest BCUT2D eigenvalue weighted by atomic mass is 10.0. The molecule has 1 atom stereocenters. The standard InChI is InChI=1S/C22H20Cl3N5O4S/c1-11(20-15(24)9-28-10-16(20)25)34-19-6-13(17(26)7-14(19)23)21(27)12-5-18-22(29-8-12)33-4-3-30(18)35(2,31)32/h5-11,27H,3-4,26H2,1-2H3/t11-/m1/s1. The summed E-state index contributed by atoms with van der Waals surface area (Å²) in [4.78, 5) is 8.14. The molecule has 0 aliphatic carbocycles. The van der Waals surface area contributed by atoms with Crippen molar-refractivity contribution in [1.29, 1.82) is 5.41 Å². The Morgan fingerprint density at radius 3 is 2.51 bits per heavy atom. The number of nitrogens with zero attached hydrogens (tertiary/aromatic N) is 3. The average molecular weight is 557 g/mol. The maximum Gasteiger partial charge on any atom is 0.238 e. The second-order valence-corrected chi connectivity index (χ2v) is 10.9. The molecule has 3 N–H and O–H groups in total. The first-order chi connectivity index (χ1) is 16.5. The van der Waals surface area contributed by atoms with Crippen LogP contribution < -0.4 is 19.5 Å². The van der Waals surface area contributed by atoms with Crippen LogP contribution in [0.1, 0.15) is 29.7 Å². The van der Waals surface area contributed by atoms with Crippen molar-refractivity contribution in [2.24, 2.45) is 0 Å². The summed E-state index contributed by atoms with van der Waals surface area (Å²) in [5.74, 6) is 0.426. The molecular weight excluding hydrogens is 537 g/mol. The molecule has 1 aliphatic rings. The Kier molecular flexibility index (Phi) is 7.01. The molecule has 0 saturated carbocycles. The van der Waals surface area contributed by atoms with Crippen molar-refractivity contribution >= 4 is 61.9 Å². The average Bonchev–Trinajstić information content (AvgIpc) is 2.79. The molecule has 3 heterocycles. The number of hydrogen-bond donors (Lipinski definition) is 2. The van der Waals surface area contributed by atoms with Gasteiger partial charge in [-0.15, -0.1) is 0 Å². The van der Waals surface area contributed by atoms with Gasteiger partial charge in [-0.3, -0.25) is 14.7 Å². The molecule has 1 aliphatic heterocycles. The molecule has 0 amide bonds. The minimum Gasteiger partial charge on any atom is -0.484 e. The summed E-state index contributed by atoms with van der Waals surface area (Å²) < 4.78 is 37.1. The highest BCUT2D eigenvalue weighted by Crippen LogP contribution is 2.38. The number of benzene rings is 1. The summed E-state index contributed by atoms with van der Waals surface area (Å²) in [6.45, 7) is 2.07. The van der Waals surface area contributed by atoms with Crippen LogP contribution >= 0.6 is 34.8 Å². The summed E-state index contributed by atoms with van der Waals surface area (Å²) in [5.41, 5.74) is 7.82. The Bertz CT molecular complexity index is 1410. The van der Waals surface area contributed by atoms with Crippen molar-refractivity contribution in [2.45, 2.75) is 13.0 Å². The molecule has 2 aromatic heterocycles. The fourth-order valence-corrected chi connectivity index (χ4v) is 5.43. The second kappa shape index (κ2) is 9.69. The number of halogens is 3. The van der Waals surface area contributed by atoms with Crippen molar-refractivity contribution < 1.29 is 17.9 Å². The van der Waals surface area contributed by atoms with Crippen molar-refractivity contribution in [2.75, 3.05) is 29.4 Å². The summed E-state index contributed by atoms with van der Waals surface area (Å²) >= 11 is 18.9. The van der Waals surface area contributed by atoms with Crippen LogP contribution in [-0.2, 0) is 10.0 Å². The zero-order valence-electron chi connectivity index (χ0n) is 18.5. The molecule has 0 unspecified atom stereocenters. The molecule has 0 spiro atoms. The molecule has 0 bridgehead atoms. The van der Waals surface area contributed by atoms with E-state index in [1.54, 1.807) is 6.92 Å². The highest BCUT2D eigenvalue weighted by Gasteiger charge is 2.27. The van der Waals surface area contributed by atoms with Crippen LogP contribution in [0.2, 0.25) is 15.1 Å². The molecule has 1 aromatic carbocycles. The van der Waals surface area contributed by atoms with E-state index < -0.39 is 16.1 Å². The topological polar surface area (TPSA) is 131 Å². The maximum atomic E-state index is 12.2. The number of aromatic nitrogens is 2. The Balaban J connectivity index is 1.70. The first-order valence-corrected chi connectivity index (χ1v) is 13.2. The van der Waals surface area contributed by atoms with Gasteiger partial charge >= 0.3 is 0 Å². The van der Waals surface area contributed by atoms with Crippen LogP contribution in [0.3, 0.4) is 0 Å². The summed E-state index contributed by atoms with van der Waals surface area (Å²) in [5, 5.41) is 9.65. The third kappa shape index (κ3) is 5.11. The van der Waals surface area contributed by atoms with Gasteiger partial charge in [-0.2, -0.15) is 0 Å². The van der Waals surface area contributed by atoms with Crippen LogP contribution in [-0.4, -0.2) is 43.5 Å². The maximum absolute atomic E-state index is 12.2. The first kappa shape index (κ1) is 25.3.